The highest BCUT2D eigenvalue weighted by molar-refractivity contribution is 7.91. The van der Waals surface area contributed by atoms with Crippen LogP contribution in [-0.2, 0) is 68.0 Å². The van der Waals surface area contributed by atoms with Gasteiger partial charge >= 0.3 is 11.9 Å². The quantitative estimate of drug-likeness (QED) is 0.0846. The van der Waals surface area contributed by atoms with Crippen molar-refractivity contribution >= 4 is 43.4 Å². The molecule has 0 radical (unpaired) electrons. The Morgan fingerprint density at radius 2 is 1.06 bits per heavy atom. The topological polar surface area (TPSA) is 234 Å². The first-order valence-corrected chi connectivity index (χ1v) is 24.5. The van der Waals surface area contributed by atoms with Gasteiger partial charge in [0.05, 0.1) is 83.1 Å². The predicted octanol–water partition coefficient (Wildman–Crippen LogP) is 3.17. The van der Waals surface area contributed by atoms with Crippen LogP contribution in [0.3, 0.4) is 0 Å². The summed E-state index contributed by atoms with van der Waals surface area (Å²) in [6, 6.07) is 11.2. The number of ether oxygens (including phenoxy) is 8. The first-order chi connectivity index (χ1) is 30.0. The summed E-state index contributed by atoms with van der Waals surface area (Å²) in [6.45, 7) is 13.3. The SMILES string of the molecule is COCCOCCOCCOc1ccc(C(c2cc(C(C)(C)C)c(OCC(=O)NCCS(=O)(=O)CCC(=O)OC)cc2OCC(=O)NCCS(=O)(=O)CCC(=O)OC)C(C)(C)C)cc1. The highest BCUT2D eigenvalue weighted by Gasteiger charge is 2.34. The summed E-state index contributed by atoms with van der Waals surface area (Å²) in [7, 11) is -3.37. The zero-order valence-corrected chi connectivity index (χ0v) is 40.3. The van der Waals surface area contributed by atoms with Gasteiger partial charge in [0.15, 0.2) is 32.9 Å². The second-order valence-electron chi connectivity index (χ2n) is 16.8. The highest BCUT2D eigenvalue weighted by atomic mass is 32.2. The van der Waals surface area contributed by atoms with E-state index in [-0.39, 0.29) is 43.3 Å². The Bertz CT molecular complexity index is 2010. The van der Waals surface area contributed by atoms with E-state index in [4.69, 9.17) is 28.4 Å². The van der Waals surface area contributed by atoms with Crippen molar-refractivity contribution in [3.8, 4) is 17.2 Å². The van der Waals surface area contributed by atoms with Crippen molar-refractivity contribution in [2.45, 2.75) is 65.7 Å². The Kier molecular flexibility index (Phi) is 23.5. The summed E-state index contributed by atoms with van der Waals surface area (Å²) >= 11 is 0. The average Bonchev–Trinajstić information content (AvgIpc) is 3.22. The van der Waals surface area contributed by atoms with Crippen LogP contribution in [0.25, 0.3) is 0 Å². The van der Waals surface area contributed by atoms with Crippen molar-refractivity contribution in [2.24, 2.45) is 5.41 Å². The third-order valence-electron chi connectivity index (χ3n) is 9.49. The smallest absolute Gasteiger partial charge is 0.306 e. The molecule has 0 aromatic heterocycles. The van der Waals surface area contributed by atoms with Crippen LogP contribution in [0.2, 0.25) is 0 Å². The number of nitrogens with one attached hydrogen (secondary N) is 2. The molecule has 0 fully saturated rings. The lowest BCUT2D eigenvalue weighted by molar-refractivity contribution is -0.141. The van der Waals surface area contributed by atoms with Crippen LogP contribution < -0.4 is 24.8 Å². The van der Waals surface area contributed by atoms with E-state index < -0.39 is 90.5 Å². The van der Waals surface area contributed by atoms with E-state index in [0.29, 0.717) is 56.5 Å². The van der Waals surface area contributed by atoms with Crippen LogP contribution in [0, 0.1) is 5.41 Å². The van der Waals surface area contributed by atoms with Crippen LogP contribution in [0.5, 0.6) is 17.2 Å². The summed E-state index contributed by atoms with van der Waals surface area (Å²) < 4.78 is 92.8. The number of sulfone groups is 2. The highest BCUT2D eigenvalue weighted by Crippen LogP contribution is 2.48. The minimum Gasteiger partial charge on any atom is -0.491 e. The van der Waals surface area contributed by atoms with E-state index in [1.54, 1.807) is 13.2 Å². The largest absolute Gasteiger partial charge is 0.491 e. The van der Waals surface area contributed by atoms with Gasteiger partial charge in [-0.3, -0.25) is 19.2 Å². The van der Waals surface area contributed by atoms with Gasteiger partial charge in [-0.15, -0.1) is 0 Å². The molecular weight excluding hydrogens is 877 g/mol. The molecule has 1 unspecified atom stereocenters. The van der Waals surface area contributed by atoms with Gasteiger partial charge in [-0.05, 0) is 34.6 Å². The predicted molar refractivity (Wildman–Crippen MR) is 239 cm³/mol. The molecule has 0 aliphatic rings. The Morgan fingerprint density at radius 3 is 1.52 bits per heavy atom. The van der Waals surface area contributed by atoms with Crippen LogP contribution in [-0.4, -0.2) is 151 Å². The van der Waals surface area contributed by atoms with Crippen LogP contribution in [0.1, 0.15) is 77.0 Å². The van der Waals surface area contributed by atoms with Gasteiger partial charge in [-0.2, -0.15) is 0 Å². The van der Waals surface area contributed by atoms with Gasteiger partial charge in [0.1, 0.15) is 23.9 Å². The molecule has 0 bridgehead atoms. The molecule has 18 nitrogen and oxygen atoms in total. The maximum Gasteiger partial charge on any atom is 0.306 e. The Hall–Kier alpha value is -4.50. The van der Waals surface area contributed by atoms with Gasteiger partial charge in [-0.1, -0.05) is 53.7 Å². The van der Waals surface area contributed by atoms with E-state index in [1.807, 2.05) is 51.1 Å². The molecule has 64 heavy (non-hydrogen) atoms. The lowest BCUT2D eigenvalue weighted by Gasteiger charge is -2.35. The average molecular weight is 945 g/mol. The molecule has 0 aliphatic heterocycles. The first-order valence-electron chi connectivity index (χ1n) is 20.9. The zero-order valence-electron chi connectivity index (χ0n) is 38.7. The normalized spacial score (nSPS) is 12.5. The molecule has 20 heteroatoms. The Balaban J connectivity index is 2.39. The summed E-state index contributed by atoms with van der Waals surface area (Å²) in [5.74, 6) is -3.29. The van der Waals surface area contributed by atoms with Gasteiger partial charge in [-0.25, -0.2) is 16.8 Å². The van der Waals surface area contributed by atoms with E-state index in [2.05, 4.69) is 40.9 Å². The fourth-order valence-corrected chi connectivity index (χ4v) is 8.38. The number of amides is 2. The lowest BCUT2D eigenvalue weighted by Crippen LogP contribution is -2.34. The second kappa shape index (κ2) is 27.1. The fourth-order valence-electron chi connectivity index (χ4n) is 6.19. The number of carbonyl (C=O) groups excluding carboxylic acids is 4. The number of esters is 2. The van der Waals surface area contributed by atoms with Crippen molar-refractivity contribution in [3.63, 3.8) is 0 Å². The van der Waals surface area contributed by atoms with Gasteiger partial charge in [0.2, 0.25) is 0 Å². The molecule has 2 amide bonds. The molecule has 2 aromatic rings. The molecule has 1 atom stereocenters. The van der Waals surface area contributed by atoms with E-state index in [1.165, 1.54) is 14.2 Å². The van der Waals surface area contributed by atoms with Gasteiger partial charge < -0.3 is 48.5 Å². The Labute approximate surface area is 378 Å². The minimum atomic E-state index is -3.66. The number of benzene rings is 2. The molecule has 0 heterocycles. The minimum absolute atomic E-state index is 0.206. The second-order valence-corrected chi connectivity index (χ2v) is 21.4. The maximum absolute atomic E-state index is 13.1. The van der Waals surface area contributed by atoms with E-state index in [0.717, 1.165) is 5.56 Å². The van der Waals surface area contributed by atoms with Crippen molar-refractivity contribution in [3.05, 3.63) is 53.1 Å². The number of methoxy groups -OCH3 is 3. The standard InChI is InChI=1S/C44H68N2O16S2/c1-43(2,3)35-28-34(42(44(4,5)6)32-10-12-33(13-11-32)60-23-22-59-21-20-58-19-18-55-7)36(61-30-38(47)45-16-26-63(51,52)24-14-40(49)56-8)29-37(35)62-31-39(48)46-17-27-64(53,54)25-15-41(50)57-9/h10-13,28-29,42H,14-27,30-31H2,1-9H3,(H,45,47)(H,46,48). The van der Waals surface area contributed by atoms with Crippen LogP contribution >= 0.6 is 0 Å². The summed E-state index contributed by atoms with van der Waals surface area (Å²) in [5, 5.41) is 5.10. The van der Waals surface area contributed by atoms with Crippen LogP contribution in [0.4, 0.5) is 0 Å². The molecule has 2 aromatic carbocycles. The third-order valence-corrected chi connectivity index (χ3v) is 12.8. The number of hydrogen-bond donors (Lipinski definition) is 2. The molecule has 0 spiro atoms. The molecule has 0 saturated carbocycles. The van der Waals surface area contributed by atoms with Gasteiger partial charge in [0.25, 0.3) is 11.8 Å². The molecule has 0 aliphatic carbocycles. The van der Waals surface area contributed by atoms with Crippen molar-refractivity contribution in [1.82, 2.24) is 10.6 Å². The van der Waals surface area contributed by atoms with E-state index in [9.17, 15) is 36.0 Å². The third kappa shape index (κ3) is 21.5. The first kappa shape index (κ1) is 55.6. The number of rotatable bonds is 30. The fraction of sp³-hybridized carbons (Fsp3) is 0.636. The zero-order chi connectivity index (χ0) is 48.0. The molecule has 362 valence electrons. The summed E-state index contributed by atoms with van der Waals surface area (Å²) in [5.41, 5.74) is 1.36. The molecule has 0 saturated heterocycles. The summed E-state index contributed by atoms with van der Waals surface area (Å²) in [4.78, 5) is 48.9. The van der Waals surface area contributed by atoms with Crippen molar-refractivity contribution < 1.29 is 73.9 Å². The molecular formula is C44H68N2O16S2. The Morgan fingerprint density at radius 1 is 0.594 bits per heavy atom. The lowest BCUT2D eigenvalue weighted by atomic mass is 9.71. The molecule has 2 N–H and O–H groups in total. The van der Waals surface area contributed by atoms with Crippen molar-refractivity contribution in [2.75, 3.05) is 110 Å². The molecule has 2 rings (SSSR count). The monoisotopic (exact) mass is 944 g/mol. The maximum atomic E-state index is 13.1. The van der Waals surface area contributed by atoms with Crippen LogP contribution in [0.15, 0.2) is 36.4 Å². The van der Waals surface area contributed by atoms with Crippen molar-refractivity contribution in [1.29, 1.82) is 0 Å². The number of hydrogen-bond acceptors (Lipinski definition) is 16. The summed E-state index contributed by atoms with van der Waals surface area (Å²) in [6.07, 6.45) is -0.602. The number of carbonyl (C=O) groups is 4. The van der Waals surface area contributed by atoms with E-state index >= 15 is 0 Å². The van der Waals surface area contributed by atoms with Gasteiger partial charge in [0, 0.05) is 43.3 Å².